The number of hydrogen-bond donors (Lipinski definition) is 1. The van der Waals surface area contributed by atoms with Gasteiger partial charge in [0.1, 0.15) is 35.5 Å². The highest BCUT2D eigenvalue weighted by Crippen LogP contribution is 2.32. The molecule has 8 nitrogen and oxygen atoms in total. The van der Waals surface area contributed by atoms with Gasteiger partial charge in [0, 0.05) is 10.6 Å². The molecule has 206 valence electrons. The lowest BCUT2D eigenvalue weighted by Crippen LogP contribution is -2.35. The molecule has 0 spiro atoms. The molecule has 2 aliphatic rings. The Morgan fingerprint density at radius 1 is 0.949 bits per heavy atom. The zero-order valence-electron chi connectivity index (χ0n) is 22.2. The number of unbranched alkanes of at least 4 members (excludes halogenated alkanes) is 3. The van der Waals surface area contributed by atoms with E-state index in [2.05, 4.69) is 23.9 Å². The fraction of sp³-hybridized carbons (Fsp3) is 0.379. The van der Waals surface area contributed by atoms with Crippen LogP contribution in [0.2, 0.25) is 5.02 Å². The summed E-state index contributed by atoms with van der Waals surface area (Å²) in [5.74, 6) is 1.55. The van der Waals surface area contributed by atoms with Crippen LogP contribution < -0.4 is 14.2 Å². The van der Waals surface area contributed by atoms with Gasteiger partial charge in [0.05, 0.1) is 12.2 Å². The van der Waals surface area contributed by atoms with Crippen LogP contribution in [0.5, 0.6) is 17.2 Å². The monoisotopic (exact) mass is 568 g/mol. The molecule has 0 aliphatic carbocycles. The number of benzene rings is 2. The van der Waals surface area contributed by atoms with E-state index >= 15 is 0 Å². The van der Waals surface area contributed by atoms with Crippen molar-refractivity contribution in [3.05, 3.63) is 58.6 Å². The van der Waals surface area contributed by atoms with Gasteiger partial charge in [-0.2, -0.15) is 15.1 Å². The smallest absolute Gasteiger partial charge is 0.283 e. The number of thioether (sulfide) groups is 1. The first-order chi connectivity index (χ1) is 19.0. The van der Waals surface area contributed by atoms with E-state index in [0.717, 1.165) is 42.4 Å². The van der Waals surface area contributed by atoms with Crippen molar-refractivity contribution < 1.29 is 19.0 Å². The summed E-state index contributed by atoms with van der Waals surface area (Å²) in [6.45, 7) is 5.55. The Balaban J connectivity index is 1.34. The topological polar surface area (TPSA) is 96.6 Å². The third-order valence-corrected chi connectivity index (χ3v) is 7.14. The van der Waals surface area contributed by atoms with Gasteiger partial charge in [0.2, 0.25) is 5.17 Å². The van der Waals surface area contributed by atoms with Crippen LogP contribution in [0, 0.1) is 5.41 Å². The van der Waals surface area contributed by atoms with Crippen LogP contribution in [0.4, 0.5) is 0 Å². The fourth-order valence-corrected chi connectivity index (χ4v) is 5.09. The number of hydrogen-bond acceptors (Lipinski definition) is 7. The first-order valence-electron chi connectivity index (χ1n) is 13.3. The highest BCUT2D eigenvalue weighted by Gasteiger charge is 2.35. The minimum atomic E-state index is -0.491. The van der Waals surface area contributed by atoms with Crippen molar-refractivity contribution in [1.82, 2.24) is 5.01 Å². The van der Waals surface area contributed by atoms with Crippen molar-refractivity contribution in [2.24, 2.45) is 10.1 Å². The van der Waals surface area contributed by atoms with Gasteiger partial charge >= 0.3 is 0 Å². The Bertz CT molecular complexity index is 1280. The first-order valence-corrected chi connectivity index (χ1v) is 14.4. The van der Waals surface area contributed by atoms with Gasteiger partial charge < -0.3 is 14.2 Å². The molecule has 4 rings (SSSR count). The maximum Gasteiger partial charge on any atom is 0.283 e. The highest BCUT2D eigenvalue weighted by atomic mass is 35.5. The number of nitrogens with zero attached hydrogens (tertiary/aromatic N) is 3. The molecule has 0 bridgehead atoms. The van der Waals surface area contributed by atoms with Gasteiger partial charge in [-0.15, -0.1) is 0 Å². The fourth-order valence-electron chi connectivity index (χ4n) is 3.93. The summed E-state index contributed by atoms with van der Waals surface area (Å²) >= 11 is 7.57. The van der Waals surface area contributed by atoms with Gasteiger partial charge in [0.25, 0.3) is 5.91 Å². The lowest BCUT2D eigenvalue weighted by molar-refractivity contribution is -0.114. The second-order valence-electron chi connectivity index (χ2n) is 9.02. The summed E-state index contributed by atoms with van der Waals surface area (Å²) in [6, 6.07) is 12.7. The van der Waals surface area contributed by atoms with E-state index in [0.29, 0.717) is 28.1 Å². The number of aliphatic imine (C=N–C) groups is 1. The molecule has 0 saturated carbocycles. The number of amidine groups is 2. The molecule has 0 unspecified atom stereocenters. The summed E-state index contributed by atoms with van der Waals surface area (Å²) in [5, 5.41) is 16.2. The molecule has 0 saturated heterocycles. The van der Waals surface area contributed by atoms with Gasteiger partial charge in [-0.05, 0) is 79.6 Å². The van der Waals surface area contributed by atoms with Crippen molar-refractivity contribution in [3.63, 3.8) is 0 Å². The van der Waals surface area contributed by atoms with E-state index < -0.39 is 5.91 Å². The van der Waals surface area contributed by atoms with Crippen LogP contribution in [0.15, 0.2) is 58.1 Å². The number of hydrazone groups is 1. The molecular weight excluding hydrogens is 536 g/mol. The lowest BCUT2D eigenvalue weighted by Gasteiger charge is -2.20. The maximum absolute atomic E-state index is 12.8. The van der Waals surface area contributed by atoms with Crippen LogP contribution in [0.1, 0.15) is 57.9 Å². The van der Waals surface area contributed by atoms with Crippen LogP contribution >= 0.6 is 23.4 Å². The highest BCUT2D eigenvalue weighted by molar-refractivity contribution is 8.26. The normalized spacial score (nSPS) is 15.8. The zero-order chi connectivity index (χ0) is 27.6. The average molecular weight is 569 g/mol. The average Bonchev–Trinajstić information content (AvgIpc) is 3.33. The van der Waals surface area contributed by atoms with E-state index in [9.17, 15) is 4.79 Å². The number of amides is 1. The third kappa shape index (κ3) is 7.86. The Hall–Kier alpha value is -3.30. The van der Waals surface area contributed by atoms with Gasteiger partial charge in [-0.1, -0.05) is 44.7 Å². The molecule has 2 aromatic carbocycles. The summed E-state index contributed by atoms with van der Waals surface area (Å²) in [7, 11) is 0. The minimum absolute atomic E-state index is 0.0220. The lowest BCUT2D eigenvalue weighted by atomic mass is 10.1. The summed E-state index contributed by atoms with van der Waals surface area (Å²) in [4.78, 5) is 16.9. The van der Waals surface area contributed by atoms with Crippen molar-refractivity contribution in [1.29, 1.82) is 5.41 Å². The molecule has 0 aromatic heterocycles. The molecular formula is C29H33ClN4O4S. The van der Waals surface area contributed by atoms with Crippen molar-refractivity contribution in [2.45, 2.75) is 52.4 Å². The molecule has 0 radical (unpaired) electrons. The molecule has 2 aromatic rings. The number of rotatable bonds is 14. The molecule has 0 fully saturated rings. The van der Waals surface area contributed by atoms with E-state index in [1.54, 1.807) is 24.3 Å². The van der Waals surface area contributed by atoms with E-state index in [4.69, 9.17) is 31.2 Å². The third-order valence-electron chi connectivity index (χ3n) is 5.93. The predicted molar refractivity (Wildman–Crippen MR) is 158 cm³/mol. The summed E-state index contributed by atoms with van der Waals surface area (Å²) in [5.41, 5.74) is 0.691. The van der Waals surface area contributed by atoms with Crippen LogP contribution in [0.25, 0.3) is 6.08 Å². The second kappa shape index (κ2) is 14.2. The molecule has 2 aliphatic heterocycles. The molecule has 0 atom stereocenters. The molecule has 1 N–H and O–H groups in total. The number of ether oxygens (including phenoxy) is 3. The SMILES string of the molecule is CCCCCCOc1ccc(OCCOc2ccc(Cl)cc2/C=C2\C(=N)N3N=C(CCC)SC3=NC2=O)cc1. The van der Waals surface area contributed by atoms with Crippen molar-refractivity contribution >= 4 is 51.4 Å². The Kier molecular flexibility index (Phi) is 10.4. The molecule has 1 amide bonds. The number of carbonyl (C=O) groups is 1. The zero-order valence-corrected chi connectivity index (χ0v) is 23.8. The molecule has 10 heteroatoms. The minimum Gasteiger partial charge on any atom is -0.494 e. The van der Waals surface area contributed by atoms with E-state index in [-0.39, 0.29) is 18.0 Å². The number of nitrogens with one attached hydrogen (secondary N) is 1. The molecule has 2 heterocycles. The van der Waals surface area contributed by atoms with E-state index in [1.165, 1.54) is 36.0 Å². The number of carbonyl (C=O) groups excluding carboxylic acids is 1. The van der Waals surface area contributed by atoms with E-state index in [1.807, 2.05) is 24.3 Å². The number of fused-ring (bicyclic) bond motifs is 1. The van der Waals surface area contributed by atoms with Crippen LogP contribution in [-0.2, 0) is 4.79 Å². The van der Waals surface area contributed by atoms with Crippen molar-refractivity contribution in [3.8, 4) is 17.2 Å². The Labute approximate surface area is 238 Å². The van der Waals surface area contributed by atoms with Crippen molar-refractivity contribution in [2.75, 3.05) is 19.8 Å². The Morgan fingerprint density at radius 3 is 2.38 bits per heavy atom. The summed E-state index contributed by atoms with van der Waals surface area (Å²) < 4.78 is 17.5. The largest absolute Gasteiger partial charge is 0.494 e. The van der Waals surface area contributed by atoms with Crippen LogP contribution in [-0.4, -0.2) is 46.8 Å². The van der Waals surface area contributed by atoms with Gasteiger partial charge in [-0.25, -0.2) is 0 Å². The molecule has 39 heavy (non-hydrogen) atoms. The maximum atomic E-state index is 12.8. The summed E-state index contributed by atoms with van der Waals surface area (Å²) in [6.07, 6.45) is 7.95. The van der Waals surface area contributed by atoms with Crippen LogP contribution in [0.3, 0.4) is 0 Å². The quantitative estimate of drug-likeness (QED) is 0.191. The number of halogens is 1. The Morgan fingerprint density at radius 2 is 1.67 bits per heavy atom. The predicted octanol–water partition coefficient (Wildman–Crippen LogP) is 7.18. The van der Waals surface area contributed by atoms with Gasteiger partial charge in [0.15, 0.2) is 5.84 Å². The second-order valence-corrected chi connectivity index (χ2v) is 10.5. The standard InChI is InChI=1S/C29H33ClN4O4S/c1-3-5-6-7-15-36-22-10-12-23(13-11-22)37-16-17-38-25-14-9-21(30)18-20(25)19-24-27(31)34-29(32-28(24)35)39-26(33-34)8-4-2/h9-14,18-19,31H,3-8,15-17H2,1-2H3/b24-19+,31-27?. The van der Waals surface area contributed by atoms with Gasteiger partial charge in [-0.3, -0.25) is 10.2 Å². The first kappa shape index (κ1) is 28.7.